The van der Waals surface area contributed by atoms with Crippen LogP contribution in [-0.4, -0.2) is 34.7 Å². The Labute approximate surface area is 132 Å². The van der Waals surface area contributed by atoms with Gasteiger partial charge in [-0.2, -0.15) is 0 Å². The molecule has 1 aromatic carbocycles. The summed E-state index contributed by atoms with van der Waals surface area (Å²) in [4.78, 5) is 12.5. The maximum absolute atomic E-state index is 12.5. The molecule has 2 aromatic rings. The number of thioether (sulfide) groups is 1. The second kappa shape index (κ2) is 5.51. The van der Waals surface area contributed by atoms with Crippen molar-refractivity contribution >= 4 is 21.6 Å². The normalized spacial score (nSPS) is 17.5. The predicted molar refractivity (Wildman–Crippen MR) is 84.0 cm³/mol. The lowest BCUT2D eigenvalue weighted by atomic mass is 10.2. The standard InChI is InChI=1S/C14H15N3O3S2/c1-9-3-5-12(6-4-9)22(19,20)8-11-7-21-14-16-15-10(2)13(18)17(11)14/h3-6,11H,7-8H2,1-2H3/t11-/m1/s1. The zero-order chi connectivity index (χ0) is 15.9. The molecule has 0 bridgehead atoms. The Balaban J connectivity index is 1.95. The SMILES string of the molecule is Cc1ccc(S(=O)(=O)C[C@H]2CSc3nnc(C)c(=O)n32)cc1. The zero-order valence-electron chi connectivity index (χ0n) is 12.2. The van der Waals surface area contributed by atoms with Crippen molar-refractivity contribution in [1.29, 1.82) is 0 Å². The quantitative estimate of drug-likeness (QED) is 0.841. The molecule has 0 spiro atoms. The van der Waals surface area contributed by atoms with Crippen molar-refractivity contribution in [3.8, 4) is 0 Å². The fourth-order valence-corrected chi connectivity index (χ4v) is 5.10. The van der Waals surface area contributed by atoms with Gasteiger partial charge in [-0.3, -0.25) is 9.36 Å². The first kappa shape index (κ1) is 15.2. The van der Waals surface area contributed by atoms with Gasteiger partial charge in [0.25, 0.3) is 5.56 Å². The summed E-state index contributed by atoms with van der Waals surface area (Å²) < 4.78 is 26.5. The number of benzene rings is 1. The summed E-state index contributed by atoms with van der Waals surface area (Å²) >= 11 is 1.36. The van der Waals surface area contributed by atoms with E-state index in [2.05, 4.69) is 10.2 Å². The first-order chi connectivity index (χ1) is 10.4. The number of aryl methyl sites for hydroxylation is 2. The Bertz CT molecular complexity index is 873. The van der Waals surface area contributed by atoms with Crippen molar-refractivity contribution in [1.82, 2.24) is 14.8 Å². The van der Waals surface area contributed by atoms with Crippen molar-refractivity contribution in [2.75, 3.05) is 11.5 Å². The summed E-state index contributed by atoms with van der Waals surface area (Å²) in [6, 6.07) is 6.34. The fraction of sp³-hybridized carbons (Fsp3) is 0.357. The molecule has 2 heterocycles. The molecule has 0 N–H and O–H groups in total. The smallest absolute Gasteiger partial charge is 0.276 e. The fourth-order valence-electron chi connectivity index (χ4n) is 2.35. The largest absolute Gasteiger partial charge is 0.280 e. The lowest BCUT2D eigenvalue weighted by molar-refractivity contribution is 0.510. The third-order valence-electron chi connectivity index (χ3n) is 3.58. The van der Waals surface area contributed by atoms with Gasteiger partial charge in [0.05, 0.1) is 16.7 Å². The summed E-state index contributed by atoms with van der Waals surface area (Å²) in [5, 5.41) is 8.25. The first-order valence-corrected chi connectivity index (χ1v) is 9.40. The van der Waals surface area contributed by atoms with Crippen LogP contribution in [0.25, 0.3) is 0 Å². The summed E-state index contributed by atoms with van der Waals surface area (Å²) in [5.41, 5.74) is 1.02. The van der Waals surface area contributed by atoms with E-state index in [9.17, 15) is 13.2 Å². The van der Waals surface area contributed by atoms with Crippen molar-refractivity contribution in [3.63, 3.8) is 0 Å². The van der Waals surface area contributed by atoms with Crippen LogP contribution in [0.1, 0.15) is 17.3 Å². The van der Waals surface area contributed by atoms with Gasteiger partial charge in [-0.05, 0) is 26.0 Å². The predicted octanol–water partition coefficient (Wildman–Crippen LogP) is 1.38. The van der Waals surface area contributed by atoms with Crippen LogP contribution < -0.4 is 5.56 Å². The van der Waals surface area contributed by atoms with E-state index in [1.807, 2.05) is 6.92 Å². The molecule has 0 saturated heterocycles. The maximum Gasteiger partial charge on any atom is 0.276 e. The Morgan fingerprint density at radius 3 is 2.59 bits per heavy atom. The van der Waals surface area contributed by atoms with Crippen LogP contribution in [0.5, 0.6) is 0 Å². The molecule has 6 nitrogen and oxygen atoms in total. The van der Waals surface area contributed by atoms with Crippen LogP contribution >= 0.6 is 11.8 Å². The highest BCUT2D eigenvalue weighted by Gasteiger charge is 2.31. The molecular formula is C14H15N3O3S2. The summed E-state index contributed by atoms with van der Waals surface area (Å²) in [5.74, 6) is 0.402. The van der Waals surface area contributed by atoms with E-state index in [-0.39, 0.29) is 21.9 Å². The Morgan fingerprint density at radius 1 is 1.23 bits per heavy atom. The third kappa shape index (κ3) is 2.68. The monoisotopic (exact) mass is 337 g/mol. The Kier molecular flexibility index (Phi) is 3.82. The van der Waals surface area contributed by atoms with Gasteiger partial charge in [0.2, 0.25) is 0 Å². The number of sulfone groups is 1. The number of hydrogen-bond acceptors (Lipinski definition) is 6. The van der Waals surface area contributed by atoms with Crippen LogP contribution in [-0.2, 0) is 9.84 Å². The summed E-state index contributed by atoms with van der Waals surface area (Å²) in [7, 11) is -3.45. The molecule has 1 aromatic heterocycles. The molecule has 1 aliphatic heterocycles. The molecule has 22 heavy (non-hydrogen) atoms. The molecule has 0 radical (unpaired) electrons. The van der Waals surface area contributed by atoms with E-state index < -0.39 is 15.9 Å². The molecule has 3 rings (SSSR count). The van der Waals surface area contributed by atoms with Gasteiger partial charge in [-0.1, -0.05) is 29.5 Å². The van der Waals surface area contributed by atoms with Crippen LogP contribution in [0, 0.1) is 13.8 Å². The zero-order valence-corrected chi connectivity index (χ0v) is 13.8. The van der Waals surface area contributed by atoms with Gasteiger partial charge in [0.15, 0.2) is 15.0 Å². The first-order valence-electron chi connectivity index (χ1n) is 6.76. The van der Waals surface area contributed by atoms with Crippen molar-refractivity contribution < 1.29 is 8.42 Å². The minimum atomic E-state index is -3.45. The van der Waals surface area contributed by atoms with Gasteiger partial charge in [0, 0.05) is 5.75 Å². The second-order valence-corrected chi connectivity index (χ2v) is 8.32. The summed E-state index contributed by atoms with van der Waals surface area (Å²) in [6.45, 7) is 3.48. The lowest BCUT2D eigenvalue weighted by Crippen LogP contribution is -2.31. The molecule has 1 aliphatic rings. The highest BCUT2D eigenvalue weighted by Crippen LogP contribution is 2.31. The molecule has 0 fully saturated rings. The van der Waals surface area contributed by atoms with Crippen LogP contribution in [0.4, 0.5) is 0 Å². The second-order valence-electron chi connectivity index (χ2n) is 5.30. The van der Waals surface area contributed by atoms with Crippen molar-refractivity contribution in [3.05, 3.63) is 45.9 Å². The van der Waals surface area contributed by atoms with Crippen LogP contribution in [0.3, 0.4) is 0 Å². The molecule has 1 atom stereocenters. The molecule has 116 valence electrons. The number of fused-ring (bicyclic) bond motifs is 1. The maximum atomic E-state index is 12.5. The lowest BCUT2D eigenvalue weighted by Gasteiger charge is -2.13. The van der Waals surface area contributed by atoms with Gasteiger partial charge in [-0.25, -0.2) is 8.42 Å². The molecule has 0 saturated carbocycles. The molecule has 8 heteroatoms. The van der Waals surface area contributed by atoms with E-state index in [1.165, 1.54) is 16.3 Å². The molecule has 0 unspecified atom stereocenters. The molecular weight excluding hydrogens is 322 g/mol. The van der Waals surface area contributed by atoms with E-state index in [1.54, 1.807) is 31.2 Å². The Morgan fingerprint density at radius 2 is 1.91 bits per heavy atom. The number of rotatable bonds is 3. The van der Waals surface area contributed by atoms with Crippen LogP contribution in [0.15, 0.2) is 39.1 Å². The average Bonchev–Trinajstić information content (AvgIpc) is 2.86. The topological polar surface area (TPSA) is 81.9 Å². The van der Waals surface area contributed by atoms with E-state index in [4.69, 9.17) is 0 Å². The number of nitrogens with zero attached hydrogens (tertiary/aromatic N) is 3. The molecule has 0 amide bonds. The number of hydrogen-bond donors (Lipinski definition) is 0. The number of aromatic nitrogens is 3. The van der Waals surface area contributed by atoms with Crippen molar-refractivity contribution in [2.45, 2.75) is 29.9 Å². The Hall–Kier alpha value is -1.67. The van der Waals surface area contributed by atoms with E-state index in [0.29, 0.717) is 10.9 Å². The van der Waals surface area contributed by atoms with Crippen LogP contribution in [0.2, 0.25) is 0 Å². The minimum absolute atomic E-state index is 0.110. The average molecular weight is 337 g/mol. The van der Waals surface area contributed by atoms with Gasteiger partial charge >= 0.3 is 0 Å². The summed E-state index contributed by atoms with van der Waals surface area (Å²) in [6.07, 6.45) is 0. The minimum Gasteiger partial charge on any atom is -0.280 e. The van der Waals surface area contributed by atoms with Gasteiger partial charge < -0.3 is 0 Å². The van der Waals surface area contributed by atoms with Crippen molar-refractivity contribution in [2.24, 2.45) is 0 Å². The van der Waals surface area contributed by atoms with Gasteiger partial charge in [0.1, 0.15) is 5.69 Å². The van der Waals surface area contributed by atoms with Gasteiger partial charge in [-0.15, -0.1) is 10.2 Å². The molecule has 0 aliphatic carbocycles. The third-order valence-corrected chi connectivity index (χ3v) is 6.48. The van der Waals surface area contributed by atoms with E-state index in [0.717, 1.165) is 5.56 Å². The van der Waals surface area contributed by atoms with E-state index >= 15 is 0 Å². The highest BCUT2D eigenvalue weighted by atomic mass is 32.2. The highest BCUT2D eigenvalue weighted by molar-refractivity contribution is 7.99.